The first-order chi connectivity index (χ1) is 10.7. The second-order valence-electron chi connectivity index (χ2n) is 5.26. The molecule has 2 rings (SSSR count). The third-order valence-electron chi connectivity index (χ3n) is 3.87. The minimum Gasteiger partial charge on any atom is -0.481 e. The summed E-state index contributed by atoms with van der Waals surface area (Å²) in [5.74, 6) is -6.57. The minimum absolute atomic E-state index is 0.253. The van der Waals surface area contributed by atoms with Crippen molar-refractivity contribution in [2.24, 2.45) is 0 Å². The number of carboxylic acid groups (broad SMARTS) is 2. The van der Waals surface area contributed by atoms with Gasteiger partial charge in [0.2, 0.25) is 29.3 Å². The van der Waals surface area contributed by atoms with E-state index in [0.717, 1.165) is 0 Å². The van der Waals surface area contributed by atoms with Gasteiger partial charge in [-0.1, -0.05) is 0 Å². The number of nitrogens with zero attached hydrogens (tertiary/aromatic N) is 2. The van der Waals surface area contributed by atoms with Crippen molar-refractivity contribution in [1.82, 2.24) is 9.80 Å². The topological polar surface area (TPSA) is 149 Å². The van der Waals surface area contributed by atoms with E-state index in [1.165, 1.54) is 0 Å². The van der Waals surface area contributed by atoms with Crippen LogP contribution in [0.25, 0.3) is 0 Å². The van der Waals surface area contributed by atoms with Crippen LogP contribution < -0.4 is 0 Å². The maximum absolute atomic E-state index is 12.0. The molecule has 2 aliphatic heterocycles. The quantitative estimate of drug-likeness (QED) is 0.586. The van der Waals surface area contributed by atoms with Crippen LogP contribution in [-0.4, -0.2) is 61.2 Å². The molecule has 0 bridgehead atoms. The molecule has 0 radical (unpaired) electrons. The fraction of sp³-hybridized carbons (Fsp3) is 0.538. The van der Waals surface area contributed by atoms with Crippen molar-refractivity contribution in [3.05, 3.63) is 0 Å². The number of hydrogen-bond donors (Lipinski definition) is 2. The molecule has 0 aliphatic carbocycles. The lowest BCUT2D eigenvalue weighted by atomic mass is 9.99. The number of rotatable bonds is 6. The van der Waals surface area contributed by atoms with Crippen molar-refractivity contribution in [3.8, 4) is 0 Å². The second-order valence-corrected chi connectivity index (χ2v) is 5.26. The summed E-state index contributed by atoms with van der Waals surface area (Å²) in [6.07, 6.45) is -2.50. The highest BCUT2D eigenvalue weighted by Gasteiger charge is 2.60. The average molecular weight is 326 g/mol. The molecule has 0 spiro atoms. The zero-order valence-electron chi connectivity index (χ0n) is 12.0. The lowest BCUT2D eigenvalue weighted by Crippen LogP contribution is -2.68. The van der Waals surface area contributed by atoms with Crippen molar-refractivity contribution in [2.75, 3.05) is 0 Å². The van der Waals surface area contributed by atoms with Crippen molar-refractivity contribution in [1.29, 1.82) is 0 Å². The summed E-state index contributed by atoms with van der Waals surface area (Å²) in [6.45, 7) is 0. The number of aliphatic carboxylic acids is 2. The van der Waals surface area contributed by atoms with Crippen LogP contribution in [0.4, 0.5) is 0 Å². The van der Waals surface area contributed by atoms with Gasteiger partial charge in [0.25, 0.3) is 0 Å². The highest BCUT2D eigenvalue weighted by Crippen LogP contribution is 2.35. The van der Waals surface area contributed by atoms with Gasteiger partial charge in [0.1, 0.15) is 0 Å². The van der Waals surface area contributed by atoms with E-state index in [1.54, 1.807) is 0 Å². The standard InChI is InChI=1S/C13H14N2O8/c16-7-1-2-8(17)14(7)13(12(22)23,6-5-11(20)21)15-9(18)3-4-10(15)19/h1-6H2,(H,20,21)(H,22,23). The smallest absolute Gasteiger partial charge is 0.351 e. The average Bonchev–Trinajstić information content (AvgIpc) is 2.96. The Hall–Kier alpha value is -2.78. The molecule has 23 heavy (non-hydrogen) atoms. The zero-order valence-corrected chi connectivity index (χ0v) is 12.0. The van der Waals surface area contributed by atoms with E-state index in [2.05, 4.69) is 0 Å². The first kappa shape index (κ1) is 16.6. The van der Waals surface area contributed by atoms with Crippen LogP contribution in [0.15, 0.2) is 0 Å². The Labute approximate surface area is 129 Å². The molecular formula is C13H14N2O8. The maximum atomic E-state index is 12.0. The molecule has 124 valence electrons. The first-order valence-electron chi connectivity index (χ1n) is 6.88. The first-order valence-corrected chi connectivity index (χ1v) is 6.88. The van der Waals surface area contributed by atoms with Gasteiger partial charge in [-0.3, -0.25) is 24.0 Å². The van der Waals surface area contributed by atoms with Gasteiger partial charge in [-0.15, -0.1) is 0 Å². The molecule has 4 amide bonds. The van der Waals surface area contributed by atoms with Crippen LogP contribution >= 0.6 is 0 Å². The van der Waals surface area contributed by atoms with Crippen molar-refractivity contribution in [2.45, 2.75) is 44.2 Å². The number of amides is 4. The second kappa shape index (κ2) is 5.78. The summed E-state index contributed by atoms with van der Waals surface area (Å²) in [4.78, 5) is 71.5. The van der Waals surface area contributed by atoms with E-state index >= 15 is 0 Å². The predicted molar refractivity (Wildman–Crippen MR) is 69.4 cm³/mol. The lowest BCUT2D eigenvalue weighted by molar-refractivity contribution is -0.184. The van der Waals surface area contributed by atoms with Gasteiger partial charge in [-0.05, 0) is 0 Å². The van der Waals surface area contributed by atoms with Gasteiger partial charge < -0.3 is 10.2 Å². The molecule has 0 aromatic heterocycles. The van der Waals surface area contributed by atoms with Crippen molar-refractivity contribution < 1.29 is 39.0 Å². The van der Waals surface area contributed by atoms with Gasteiger partial charge >= 0.3 is 11.9 Å². The number of carboxylic acids is 2. The molecule has 2 saturated heterocycles. The van der Waals surface area contributed by atoms with Crippen molar-refractivity contribution >= 4 is 35.6 Å². The summed E-state index contributed by atoms with van der Waals surface area (Å²) < 4.78 is 0. The minimum atomic E-state index is -2.62. The van der Waals surface area contributed by atoms with Crippen LogP contribution in [0.5, 0.6) is 0 Å². The van der Waals surface area contributed by atoms with Gasteiger partial charge in [0.15, 0.2) is 0 Å². The van der Waals surface area contributed by atoms with Gasteiger partial charge in [-0.2, -0.15) is 0 Å². The molecule has 0 aromatic carbocycles. The van der Waals surface area contributed by atoms with Crippen LogP contribution in [0.3, 0.4) is 0 Å². The van der Waals surface area contributed by atoms with E-state index in [0.29, 0.717) is 9.80 Å². The van der Waals surface area contributed by atoms with E-state index < -0.39 is 54.1 Å². The maximum Gasteiger partial charge on any atom is 0.351 e. The summed E-state index contributed by atoms with van der Waals surface area (Å²) in [6, 6.07) is 0. The molecule has 0 unspecified atom stereocenters. The largest absolute Gasteiger partial charge is 0.481 e. The third-order valence-corrected chi connectivity index (χ3v) is 3.87. The number of hydrogen-bond acceptors (Lipinski definition) is 6. The monoisotopic (exact) mass is 326 g/mol. The molecule has 10 heteroatoms. The number of likely N-dealkylation sites (tertiary alicyclic amines) is 2. The number of carbonyl (C=O) groups is 6. The SMILES string of the molecule is O=C(O)CCC(C(=O)O)(N1C(=O)CCC1=O)N1C(=O)CCC1=O. The Balaban J connectivity index is 2.59. The fourth-order valence-corrected chi connectivity index (χ4v) is 2.88. The highest BCUT2D eigenvalue weighted by molar-refractivity contribution is 6.11. The number of carbonyl (C=O) groups excluding carboxylic acids is 4. The normalized spacial score (nSPS) is 19.0. The van der Waals surface area contributed by atoms with E-state index in [1.807, 2.05) is 0 Å². The van der Waals surface area contributed by atoms with Crippen LogP contribution in [-0.2, 0) is 28.8 Å². The Kier molecular flexibility index (Phi) is 4.17. The van der Waals surface area contributed by atoms with Crippen LogP contribution in [0.1, 0.15) is 38.5 Å². The fourth-order valence-electron chi connectivity index (χ4n) is 2.88. The summed E-state index contributed by atoms with van der Waals surface area (Å²) in [7, 11) is 0. The third kappa shape index (κ3) is 2.56. The highest BCUT2D eigenvalue weighted by atomic mass is 16.4. The summed E-state index contributed by atoms with van der Waals surface area (Å²) >= 11 is 0. The Bertz CT molecular complexity index is 557. The van der Waals surface area contributed by atoms with E-state index in [9.17, 15) is 33.9 Å². The Morgan fingerprint density at radius 1 is 0.826 bits per heavy atom. The van der Waals surface area contributed by atoms with Gasteiger partial charge in [-0.25, -0.2) is 14.6 Å². The molecule has 2 N–H and O–H groups in total. The van der Waals surface area contributed by atoms with Crippen LogP contribution in [0.2, 0.25) is 0 Å². The molecule has 2 aliphatic rings. The molecule has 2 heterocycles. The van der Waals surface area contributed by atoms with Gasteiger partial charge in [0, 0.05) is 32.1 Å². The zero-order chi connectivity index (χ0) is 17.4. The number of imide groups is 2. The predicted octanol–water partition coefficient (Wildman–Crippen LogP) is -1.07. The van der Waals surface area contributed by atoms with Crippen LogP contribution in [0, 0.1) is 0 Å². The van der Waals surface area contributed by atoms with E-state index in [4.69, 9.17) is 5.11 Å². The van der Waals surface area contributed by atoms with Crippen molar-refractivity contribution in [3.63, 3.8) is 0 Å². The van der Waals surface area contributed by atoms with Gasteiger partial charge in [0.05, 0.1) is 6.42 Å². The molecule has 10 nitrogen and oxygen atoms in total. The van der Waals surface area contributed by atoms with E-state index in [-0.39, 0.29) is 25.7 Å². The Morgan fingerprint density at radius 2 is 1.17 bits per heavy atom. The molecule has 2 fully saturated rings. The molecule has 0 saturated carbocycles. The molecular weight excluding hydrogens is 312 g/mol. The molecule has 0 atom stereocenters. The summed E-state index contributed by atoms with van der Waals surface area (Å²) in [5.41, 5.74) is -2.62. The summed E-state index contributed by atoms with van der Waals surface area (Å²) in [5, 5.41) is 18.5. The Morgan fingerprint density at radius 3 is 1.43 bits per heavy atom. The lowest BCUT2D eigenvalue weighted by Gasteiger charge is -2.41. The molecule has 0 aromatic rings.